The number of ether oxygens (including phenoxy) is 1. The van der Waals surface area contributed by atoms with Gasteiger partial charge in [-0.2, -0.15) is 0 Å². The molecule has 3 heteroatoms. The van der Waals surface area contributed by atoms with Crippen molar-refractivity contribution in [2.75, 3.05) is 17.3 Å². The number of halogens is 2. The summed E-state index contributed by atoms with van der Waals surface area (Å²) in [6, 6.07) is 0. The van der Waals surface area contributed by atoms with Gasteiger partial charge in [0, 0.05) is 10.7 Å². The van der Waals surface area contributed by atoms with Gasteiger partial charge < -0.3 is 4.74 Å². The maximum atomic E-state index is 4.75. The van der Waals surface area contributed by atoms with E-state index < -0.39 is 0 Å². The highest BCUT2D eigenvalue weighted by Gasteiger charge is 2.03. The average molecular weight is 259 g/mol. The van der Waals surface area contributed by atoms with Gasteiger partial charge in [-0.05, 0) is 12.3 Å². The van der Waals surface area contributed by atoms with Crippen molar-refractivity contribution in [1.82, 2.24) is 0 Å². The van der Waals surface area contributed by atoms with E-state index in [0.29, 0.717) is 5.92 Å². The van der Waals surface area contributed by atoms with E-state index in [1.807, 2.05) is 0 Å². The van der Waals surface area contributed by atoms with E-state index in [2.05, 4.69) is 39.0 Å². The van der Waals surface area contributed by atoms with Gasteiger partial charge in [0.05, 0.1) is 13.7 Å². The van der Waals surface area contributed by atoms with E-state index in [0.717, 1.165) is 23.7 Å². The van der Waals surface area contributed by atoms with Crippen LogP contribution in [0, 0.1) is 13.0 Å². The molecular formula is C6H11Br2O. The van der Waals surface area contributed by atoms with Crippen molar-refractivity contribution in [1.29, 1.82) is 0 Å². The highest BCUT2D eigenvalue weighted by molar-refractivity contribution is 9.09. The Morgan fingerprint density at radius 2 is 2.11 bits per heavy atom. The van der Waals surface area contributed by atoms with Gasteiger partial charge in [0.2, 0.25) is 0 Å². The molecule has 0 bridgehead atoms. The van der Waals surface area contributed by atoms with Crippen LogP contribution < -0.4 is 0 Å². The molecule has 0 saturated carbocycles. The fourth-order valence-electron chi connectivity index (χ4n) is 0.526. The zero-order valence-corrected chi connectivity index (χ0v) is 8.45. The molecule has 0 saturated heterocycles. The summed E-state index contributed by atoms with van der Waals surface area (Å²) in [5.41, 5.74) is 0. The topological polar surface area (TPSA) is 9.23 Å². The average Bonchev–Trinajstić information content (AvgIpc) is 1.88. The van der Waals surface area contributed by atoms with Crippen molar-refractivity contribution in [2.45, 2.75) is 6.42 Å². The zero-order chi connectivity index (χ0) is 7.11. The lowest BCUT2D eigenvalue weighted by atomic mass is 10.1. The normalized spacial score (nSPS) is 13.7. The minimum atomic E-state index is 0.599. The molecule has 1 nitrogen and oxygen atoms in total. The first-order valence-electron chi connectivity index (χ1n) is 2.84. The van der Waals surface area contributed by atoms with Gasteiger partial charge in [0.15, 0.2) is 0 Å². The van der Waals surface area contributed by atoms with E-state index >= 15 is 0 Å². The Labute approximate surface area is 73.4 Å². The van der Waals surface area contributed by atoms with Gasteiger partial charge in [0.1, 0.15) is 0 Å². The minimum Gasteiger partial charge on any atom is -0.379 e. The predicted molar refractivity (Wildman–Crippen MR) is 47.0 cm³/mol. The smallest absolute Gasteiger partial charge is 0.0700 e. The Morgan fingerprint density at radius 1 is 1.44 bits per heavy atom. The SMILES string of the molecule is [CH2]OC[C@H](CBr)CCBr. The third-order valence-corrected chi connectivity index (χ3v) is 2.46. The van der Waals surface area contributed by atoms with Gasteiger partial charge in [-0.1, -0.05) is 31.9 Å². The molecule has 9 heavy (non-hydrogen) atoms. The summed E-state index contributed by atoms with van der Waals surface area (Å²) in [5.74, 6) is 0.599. The van der Waals surface area contributed by atoms with Crippen LogP contribution in [-0.4, -0.2) is 17.3 Å². The maximum absolute atomic E-state index is 4.75. The molecule has 0 fully saturated rings. The minimum absolute atomic E-state index is 0.599. The van der Waals surface area contributed by atoms with Gasteiger partial charge in [0.25, 0.3) is 0 Å². The first-order valence-corrected chi connectivity index (χ1v) is 5.08. The van der Waals surface area contributed by atoms with Crippen molar-refractivity contribution in [3.63, 3.8) is 0 Å². The van der Waals surface area contributed by atoms with Gasteiger partial charge >= 0.3 is 0 Å². The highest BCUT2D eigenvalue weighted by atomic mass is 79.9. The number of alkyl halides is 2. The molecule has 0 aromatic heterocycles. The first-order chi connectivity index (χ1) is 4.35. The van der Waals surface area contributed by atoms with Crippen LogP contribution >= 0.6 is 31.9 Å². The fraction of sp³-hybridized carbons (Fsp3) is 0.833. The number of rotatable bonds is 5. The largest absolute Gasteiger partial charge is 0.379 e. The summed E-state index contributed by atoms with van der Waals surface area (Å²) in [4.78, 5) is 0. The molecule has 0 aromatic carbocycles. The zero-order valence-electron chi connectivity index (χ0n) is 5.28. The summed E-state index contributed by atoms with van der Waals surface area (Å²) >= 11 is 6.75. The van der Waals surface area contributed by atoms with E-state index in [9.17, 15) is 0 Å². The van der Waals surface area contributed by atoms with Gasteiger partial charge in [-0.15, -0.1) is 0 Å². The molecule has 1 radical (unpaired) electrons. The molecule has 55 valence electrons. The molecule has 0 amide bonds. The Kier molecular flexibility index (Phi) is 7.75. The van der Waals surface area contributed by atoms with E-state index in [1.165, 1.54) is 0 Å². The highest BCUT2D eigenvalue weighted by Crippen LogP contribution is 2.08. The molecule has 0 aliphatic carbocycles. The molecular weight excluding hydrogens is 248 g/mol. The summed E-state index contributed by atoms with van der Waals surface area (Å²) in [7, 11) is 3.32. The van der Waals surface area contributed by atoms with Crippen LogP contribution in [0.15, 0.2) is 0 Å². The van der Waals surface area contributed by atoms with Crippen LogP contribution in [0.4, 0.5) is 0 Å². The van der Waals surface area contributed by atoms with Crippen molar-refractivity contribution in [3.05, 3.63) is 7.11 Å². The van der Waals surface area contributed by atoms with Crippen LogP contribution in [-0.2, 0) is 4.74 Å². The van der Waals surface area contributed by atoms with Crippen molar-refractivity contribution in [3.8, 4) is 0 Å². The fourth-order valence-corrected chi connectivity index (χ4v) is 1.68. The van der Waals surface area contributed by atoms with Gasteiger partial charge in [-0.25, -0.2) is 0 Å². The molecule has 0 N–H and O–H groups in total. The Morgan fingerprint density at radius 3 is 2.44 bits per heavy atom. The lowest BCUT2D eigenvalue weighted by Crippen LogP contribution is -2.09. The summed E-state index contributed by atoms with van der Waals surface area (Å²) in [5, 5.41) is 2.03. The van der Waals surface area contributed by atoms with Crippen LogP contribution in [0.25, 0.3) is 0 Å². The Hall–Kier alpha value is 0.920. The maximum Gasteiger partial charge on any atom is 0.0700 e. The molecule has 0 heterocycles. The van der Waals surface area contributed by atoms with Crippen LogP contribution in [0.2, 0.25) is 0 Å². The van der Waals surface area contributed by atoms with Crippen molar-refractivity contribution < 1.29 is 4.74 Å². The van der Waals surface area contributed by atoms with Crippen LogP contribution in [0.3, 0.4) is 0 Å². The molecule has 0 aliphatic heterocycles. The second kappa shape index (κ2) is 7.03. The third-order valence-electron chi connectivity index (χ3n) is 1.09. The molecule has 0 aromatic rings. The van der Waals surface area contributed by atoms with Crippen molar-refractivity contribution in [2.24, 2.45) is 5.92 Å². The molecule has 1 atom stereocenters. The molecule has 0 spiro atoms. The number of hydrogen-bond acceptors (Lipinski definition) is 1. The monoisotopic (exact) mass is 257 g/mol. The van der Waals surface area contributed by atoms with Crippen LogP contribution in [0.1, 0.15) is 6.42 Å². The standard InChI is InChI=1S/C6H11Br2O/c1-9-5-6(4-8)2-3-7/h6H,1-5H2/t6-/m0/s1. The molecule has 0 aliphatic rings. The Balaban J connectivity index is 3.18. The summed E-state index contributed by atoms with van der Waals surface area (Å²) in [6.45, 7) is 0.747. The second-order valence-electron chi connectivity index (χ2n) is 1.87. The molecule has 0 rings (SSSR count). The third kappa shape index (κ3) is 5.37. The molecule has 0 unspecified atom stereocenters. The Bertz CT molecular complexity index is 53.0. The quantitative estimate of drug-likeness (QED) is 0.689. The van der Waals surface area contributed by atoms with E-state index in [4.69, 9.17) is 4.74 Å². The first kappa shape index (κ1) is 9.92. The van der Waals surface area contributed by atoms with E-state index in [1.54, 1.807) is 0 Å². The van der Waals surface area contributed by atoms with Crippen LogP contribution in [0.5, 0.6) is 0 Å². The lowest BCUT2D eigenvalue weighted by molar-refractivity contribution is 0.198. The second-order valence-corrected chi connectivity index (χ2v) is 3.31. The number of hydrogen-bond donors (Lipinski definition) is 0. The van der Waals surface area contributed by atoms with Gasteiger partial charge in [-0.3, -0.25) is 0 Å². The van der Waals surface area contributed by atoms with E-state index in [-0.39, 0.29) is 0 Å². The predicted octanol–water partition coefficient (Wildman–Crippen LogP) is 2.59. The van der Waals surface area contributed by atoms with Crippen molar-refractivity contribution >= 4 is 31.9 Å². The summed E-state index contributed by atoms with van der Waals surface area (Å²) in [6.07, 6.45) is 1.14. The lowest BCUT2D eigenvalue weighted by Gasteiger charge is -2.09. The summed E-state index contributed by atoms with van der Waals surface area (Å²) < 4.78 is 4.75.